The SMILES string of the molecule is CN1CC(O)C(O)C(CO)C1. The zero-order chi connectivity index (χ0) is 8.43. The minimum absolute atomic E-state index is 0.0669. The highest BCUT2D eigenvalue weighted by Crippen LogP contribution is 2.15. The van der Waals surface area contributed by atoms with Crippen molar-refractivity contribution in [3.05, 3.63) is 0 Å². The lowest BCUT2D eigenvalue weighted by molar-refractivity contribution is -0.0804. The van der Waals surface area contributed by atoms with E-state index in [1.807, 2.05) is 11.9 Å². The van der Waals surface area contributed by atoms with Crippen LogP contribution in [-0.2, 0) is 0 Å². The molecule has 1 heterocycles. The largest absolute Gasteiger partial charge is 0.396 e. The zero-order valence-corrected chi connectivity index (χ0v) is 6.64. The summed E-state index contributed by atoms with van der Waals surface area (Å²) in [5, 5.41) is 27.4. The summed E-state index contributed by atoms with van der Waals surface area (Å²) < 4.78 is 0. The third kappa shape index (κ3) is 1.90. The zero-order valence-electron chi connectivity index (χ0n) is 6.64. The average molecular weight is 161 g/mol. The van der Waals surface area contributed by atoms with Gasteiger partial charge in [-0.2, -0.15) is 0 Å². The summed E-state index contributed by atoms with van der Waals surface area (Å²) in [7, 11) is 1.86. The number of hydrogen-bond donors (Lipinski definition) is 3. The van der Waals surface area contributed by atoms with Crippen molar-refractivity contribution in [1.82, 2.24) is 4.90 Å². The number of rotatable bonds is 1. The molecule has 0 bridgehead atoms. The monoisotopic (exact) mass is 161 g/mol. The van der Waals surface area contributed by atoms with Gasteiger partial charge in [0.2, 0.25) is 0 Å². The molecule has 0 spiro atoms. The van der Waals surface area contributed by atoms with Crippen molar-refractivity contribution in [2.75, 3.05) is 26.7 Å². The number of piperidine rings is 1. The van der Waals surface area contributed by atoms with E-state index in [0.717, 1.165) is 0 Å². The molecule has 11 heavy (non-hydrogen) atoms. The van der Waals surface area contributed by atoms with Crippen LogP contribution in [-0.4, -0.2) is 59.2 Å². The fourth-order valence-corrected chi connectivity index (χ4v) is 1.49. The van der Waals surface area contributed by atoms with E-state index in [4.69, 9.17) is 5.11 Å². The number of hydrogen-bond acceptors (Lipinski definition) is 4. The van der Waals surface area contributed by atoms with Crippen LogP contribution in [0.4, 0.5) is 0 Å². The van der Waals surface area contributed by atoms with Crippen LogP contribution in [0.1, 0.15) is 0 Å². The normalized spacial score (nSPS) is 40.9. The lowest BCUT2D eigenvalue weighted by atomic mass is 9.94. The first-order valence-electron chi connectivity index (χ1n) is 3.80. The molecule has 1 fully saturated rings. The van der Waals surface area contributed by atoms with Gasteiger partial charge in [-0.3, -0.25) is 0 Å². The minimum atomic E-state index is -0.767. The van der Waals surface area contributed by atoms with Crippen molar-refractivity contribution in [1.29, 1.82) is 0 Å². The Bertz CT molecular complexity index is 131. The van der Waals surface area contributed by atoms with E-state index in [1.54, 1.807) is 0 Å². The topological polar surface area (TPSA) is 63.9 Å². The molecule has 1 saturated heterocycles. The molecule has 3 N–H and O–H groups in total. The van der Waals surface area contributed by atoms with E-state index in [1.165, 1.54) is 0 Å². The lowest BCUT2D eigenvalue weighted by Crippen LogP contribution is -2.52. The predicted molar refractivity (Wildman–Crippen MR) is 40.1 cm³/mol. The maximum absolute atomic E-state index is 9.32. The third-order valence-corrected chi connectivity index (χ3v) is 2.16. The van der Waals surface area contributed by atoms with Crippen molar-refractivity contribution in [3.63, 3.8) is 0 Å². The van der Waals surface area contributed by atoms with Crippen molar-refractivity contribution in [2.45, 2.75) is 12.2 Å². The maximum atomic E-state index is 9.32. The molecule has 3 unspecified atom stereocenters. The van der Waals surface area contributed by atoms with E-state index in [9.17, 15) is 10.2 Å². The number of aliphatic hydroxyl groups excluding tert-OH is 3. The number of β-amino-alcohol motifs (C(OH)–C–C–N with tert-alkyl or cyclic N) is 1. The van der Waals surface area contributed by atoms with Crippen molar-refractivity contribution < 1.29 is 15.3 Å². The van der Waals surface area contributed by atoms with Gasteiger partial charge in [0.15, 0.2) is 0 Å². The molecule has 4 heteroatoms. The summed E-state index contributed by atoms with van der Waals surface area (Å²) in [5.74, 6) is -0.205. The molecular weight excluding hydrogens is 146 g/mol. The summed E-state index contributed by atoms with van der Waals surface area (Å²) >= 11 is 0. The molecule has 66 valence electrons. The first-order chi connectivity index (χ1) is 5.15. The van der Waals surface area contributed by atoms with Crippen LogP contribution >= 0.6 is 0 Å². The Hall–Kier alpha value is -0.160. The Balaban J connectivity index is 2.51. The van der Waals surface area contributed by atoms with E-state index in [2.05, 4.69) is 0 Å². The molecule has 0 aromatic carbocycles. The number of likely N-dealkylation sites (N-methyl/N-ethyl adjacent to an activating group) is 1. The molecule has 4 nitrogen and oxygen atoms in total. The van der Waals surface area contributed by atoms with E-state index in [0.29, 0.717) is 13.1 Å². The molecule has 0 radical (unpaired) electrons. The van der Waals surface area contributed by atoms with Gasteiger partial charge < -0.3 is 20.2 Å². The number of likely N-dealkylation sites (tertiary alicyclic amines) is 1. The highest BCUT2D eigenvalue weighted by atomic mass is 16.3. The Morgan fingerprint density at radius 3 is 2.55 bits per heavy atom. The summed E-state index contributed by atoms with van der Waals surface area (Å²) in [4.78, 5) is 1.90. The summed E-state index contributed by atoms with van der Waals surface area (Å²) in [6.07, 6.45) is -1.48. The molecule has 0 amide bonds. The fraction of sp³-hybridized carbons (Fsp3) is 1.00. The highest BCUT2D eigenvalue weighted by molar-refractivity contribution is 4.84. The molecule has 0 saturated carbocycles. The smallest absolute Gasteiger partial charge is 0.0929 e. The first kappa shape index (κ1) is 8.93. The van der Waals surface area contributed by atoms with E-state index >= 15 is 0 Å². The van der Waals surface area contributed by atoms with Crippen LogP contribution in [0.25, 0.3) is 0 Å². The van der Waals surface area contributed by atoms with Crippen LogP contribution < -0.4 is 0 Å². The Morgan fingerprint density at radius 2 is 2.00 bits per heavy atom. The van der Waals surface area contributed by atoms with Gasteiger partial charge in [-0.1, -0.05) is 0 Å². The second-order valence-electron chi connectivity index (χ2n) is 3.22. The van der Waals surface area contributed by atoms with Crippen LogP contribution in [0.3, 0.4) is 0 Å². The molecular formula is C7H15NO3. The molecule has 0 aromatic rings. The minimum Gasteiger partial charge on any atom is -0.396 e. The summed E-state index contributed by atoms with van der Waals surface area (Å²) in [6, 6.07) is 0. The standard InChI is InChI=1S/C7H15NO3/c1-8-2-5(4-9)7(11)6(10)3-8/h5-7,9-11H,2-4H2,1H3. The Kier molecular flexibility index (Phi) is 2.84. The van der Waals surface area contributed by atoms with Gasteiger partial charge >= 0.3 is 0 Å². The van der Waals surface area contributed by atoms with Gasteiger partial charge in [-0.25, -0.2) is 0 Å². The second-order valence-corrected chi connectivity index (χ2v) is 3.22. The van der Waals surface area contributed by atoms with Crippen molar-refractivity contribution in [3.8, 4) is 0 Å². The van der Waals surface area contributed by atoms with E-state index in [-0.39, 0.29) is 12.5 Å². The summed E-state index contributed by atoms with van der Waals surface area (Å²) in [5.41, 5.74) is 0. The Morgan fingerprint density at radius 1 is 1.36 bits per heavy atom. The molecule has 0 aromatic heterocycles. The van der Waals surface area contributed by atoms with Crippen LogP contribution in [0.15, 0.2) is 0 Å². The Labute approximate surface area is 66.1 Å². The molecule has 1 rings (SSSR count). The number of nitrogens with zero attached hydrogens (tertiary/aromatic N) is 1. The maximum Gasteiger partial charge on any atom is 0.0929 e. The van der Waals surface area contributed by atoms with Crippen LogP contribution in [0, 0.1) is 5.92 Å². The second kappa shape index (κ2) is 3.49. The van der Waals surface area contributed by atoms with Gasteiger partial charge in [-0.05, 0) is 7.05 Å². The highest BCUT2D eigenvalue weighted by Gasteiger charge is 2.32. The lowest BCUT2D eigenvalue weighted by Gasteiger charge is -2.36. The van der Waals surface area contributed by atoms with Gasteiger partial charge in [0.1, 0.15) is 0 Å². The first-order valence-corrected chi connectivity index (χ1v) is 3.80. The van der Waals surface area contributed by atoms with Crippen molar-refractivity contribution >= 4 is 0 Å². The summed E-state index contributed by atoms with van der Waals surface area (Å²) in [6.45, 7) is 1.06. The van der Waals surface area contributed by atoms with E-state index < -0.39 is 12.2 Å². The van der Waals surface area contributed by atoms with Crippen LogP contribution in [0.5, 0.6) is 0 Å². The quantitative estimate of drug-likeness (QED) is 0.427. The predicted octanol–water partition coefficient (Wildman–Crippen LogP) is -1.74. The molecule has 3 atom stereocenters. The molecule has 1 aliphatic rings. The van der Waals surface area contributed by atoms with Gasteiger partial charge in [0.25, 0.3) is 0 Å². The van der Waals surface area contributed by atoms with Crippen LogP contribution in [0.2, 0.25) is 0 Å². The molecule has 0 aliphatic carbocycles. The molecule has 1 aliphatic heterocycles. The van der Waals surface area contributed by atoms with Crippen molar-refractivity contribution in [2.24, 2.45) is 5.92 Å². The van der Waals surface area contributed by atoms with Gasteiger partial charge in [0.05, 0.1) is 12.2 Å². The average Bonchev–Trinajstić information content (AvgIpc) is 1.96. The van der Waals surface area contributed by atoms with Gasteiger partial charge in [-0.15, -0.1) is 0 Å². The fourth-order valence-electron chi connectivity index (χ4n) is 1.49. The van der Waals surface area contributed by atoms with Gasteiger partial charge in [0, 0.05) is 25.6 Å². The third-order valence-electron chi connectivity index (χ3n) is 2.16. The number of aliphatic hydroxyl groups is 3.